The average molecular weight is 450 g/mol. The predicted molar refractivity (Wildman–Crippen MR) is 127 cm³/mol. The van der Waals surface area contributed by atoms with E-state index >= 15 is 0 Å². The Morgan fingerprint density at radius 1 is 1.03 bits per heavy atom. The van der Waals surface area contributed by atoms with Crippen molar-refractivity contribution in [3.8, 4) is 23.0 Å². The molecule has 0 spiro atoms. The van der Waals surface area contributed by atoms with Crippen LogP contribution in [0, 0.1) is 5.92 Å². The number of nitrogens with two attached hydrogens (primary N) is 1. The van der Waals surface area contributed by atoms with Crippen molar-refractivity contribution in [1.29, 1.82) is 0 Å². The number of nitrogens with zero attached hydrogens (tertiary/aromatic N) is 4. The highest BCUT2D eigenvalue weighted by molar-refractivity contribution is 7.99. The summed E-state index contributed by atoms with van der Waals surface area (Å²) in [5, 5.41) is 0.584. The van der Waals surface area contributed by atoms with E-state index < -0.39 is 0 Å². The minimum Gasteiger partial charge on any atom is -0.497 e. The van der Waals surface area contributed by atoms with Gasteiger partial charge in [0.15, 0.2) is 22.5 Å². The SMILES string of the molecule is COc1ccc(OC)c(Sc2nc3c(N)ncn(CC(c4ccccc4)C(C)C)c-3n2)c1. The number of rotatable bonds is 8. The van der Waals surface area contributed by atoms with Gasteiger partial charge in [0.2, 0.25) is 0 Å². The summed E-state index contributed by atoms with van der Waals surface area (Å²) in [5.41, 5.74) is 8.05. The van der Waals surface area contributed by atoms with E-state index in [4.69, 9.17) is 20.2 Å². The fraction of sp³-hybridized carbons (Fsp3) is 0.292. The Morgan fingerprint density at radius 2 is 1.81 bits per heavy atom. The Bertz CT molecular complexity index is 1160. The zero-order chi connectivity index (χ0) is 22.7. The molecular formula is C24H27N5O2S. The maximum Gasteiger partial charge on any atom is 0.195 e. The Hall–Kier alpha value is -3.26. The van der Waals surface area contributed by atoms with Crippen molar-refractivity contribution < 1.29 is 9.47 Å². The van der Waals surface area contributed by atoms with Crippen LogP contribution in [0.25, 0.3) is 11.5 Å². The van der Waals surface area contributed by atoms with E-state index in [9.17, 15) is 0 Å². The number of nitrogen functional groups attached to an aromatic ring is 1. The lowest BCUT2D eigenvalue weighted by molar-refractivity contribution is 0.394. The molecule has 2 aliphatic heterocycles. The summed E-state index contributed by atoms with van der Waals surface area (Å²) >= 11 is 1.41. The van der Waals surface area contributed by atoms with Gasteiger partial charge in [0.05, 0.1) is 25.4 Å². The Balaban J connectivity index is 1.69. The van der Waals surface area contributed by atoms with Crippen LogP contribution in [-0.4, -0.2) is 33.7 Å². The molecule has 0 aliphatic carbocycles. The molecule has 2 aromatic rings. The third kappa shape index (κ3) is 4.50. The molecule has 4 rings (SSSR count). The van der Waals surface area contributed by atoms with Crippen LogP contribution in [0.4, 0.5) is 5.82 Å². The summed E-state index contributed by atoms with van der Waals surface area (Å²) in [7, 11) is 3.27. The van der Waals surface area contributed by atoms with Crippen LogP contribution in [0.5, 0.6) is 11.5 Å². The third-order valence-electron chi connectivity index (χ3n) is 5.47. The molecule has 2 aliphatic rings. The first kappa shape index (κ1) is 22.0. The summed E-state index contributed by atoms with van der Waals surface area (Å²) in [4.78, 5) is 14.7. The quantitative estimate of drug-likeness (QED) is 0.406. The van der Waals surface area contributed by atoms with Gasteiger partial charge in [0.1, 0.15) is 11.5 Å². The van der Waals surface area contributed by atoms with Gasteiger partial charge in [-0.3, -0.25) is 0 Å². The van der Waals surface area contributed by atoms with Crippen LogP contribution in [-0.2, 0) is 6.54 Å². The van der Waals surface area contributed by atoms with E-state index in [1.54, 1.807) is 20.5 Å². The van der Waals surface area contributed by atoms with Gasteiger partial charge in [-0.2, -0.15) is 0 Å². The Kier molecular flexibility index (Phi) is 6.50. The molecule has 166 valence electrons. The summed E-state index contributed by atoms with van der Waals surface area (Å²) in [6.45, 7) is 5.19. The highest BCUT2D eigenvalue weighted by Gasteiger charge is 2.24. The minimum absolute atomic E-state index is 0.307. The molecule has 0 bridgehead atoms. The van der Waals surface area contributed by atoms with Crippen molar-refractivity contribution in [3.05, 3.63) is 60.4 Å². The van der Waals surface area contributed by atoms with Gasteiger partial charge in [0, 0.05) is 12.5 Å². The summed E-state index contributed by atoms with van der Waals surface area (Å²) < 4.78 is 12.9. The van der Waals surface area contributed by atoms with Crippen molar-refractivity contribution in [2.75, 3.05) is 20.0 Å². The molecule has 0 saturated carbocycles. The minimum atomic E-state index is 0.307. The predicted octanol–water partition coefficient (Wildman–Crippen LogP) is 4.97. The molecule has 0 saturated heterocycles. The van der Waals surface area contributed by atoms with Crippen molar-refractivity contribution in [1.82, 2.24) is 19.5 Å². The fourth-order valence-electron chi connectivity index (χ4n) is 3.69. The van der Waals surface area contributed by atoms with Crippen molar-refractivity contribution in [2.24, 2.45) is 5.92 Å². The van der Waals surface area contributed by atoms with Gasteiger partial charge < -0.3 is 19.8 Å². The van der Waals surface area contributed by atoms with Crippen LogP contribution in [0.3, 0.4) is 0 Å². The summed E-state index contributed by atoms with van der Waals surface area (Å²) in [6.07, 6.45) is 1.76. The lowest BCUT2D eigenvalue weighted by Gasteiger charge is -2.23. The normalized spacial score (nSPS) is 12.3. The van der Waals surface area contributed by atoms with E-state index in [1.165, 1.54) is 17.3 Å². The van der Waals surface area contributed by atoms with Gasteiger partial charge in [-0.25, -0.2) is 15.0 Å². The monoisotopic (exact) mass is 449 g/mol. The number of imidazole rings is 1. The molecule has 2 N–H and O–H groups in total. The van der Waals surface area contributed by atoms with E-state index in [0.717, 1.165) is 28.8 Å². The van der Waals surface area contributed by atoms with E-state index in [0.29, 0.717) is 28.5 Å². The molecule has 2 aromatic carbocycles. The maximum absolute atomic E-state index is 6.15. The zero-order valence-electron chi connectivity index (χ0n) is 18.6. The highest BCUT2D eigenvalue weighted by atomic mass is 32.2. The number of anilines is 1. The van der Waals surface area contributed by atoms with Crippen LogP contribution in [0.2, 0.25) is 0 Å². The molecular weight excluding hydrogens is 422 g/mol. The highest BCUT2D eigenvalue weighted by Crippen LogP contribution is 2.38. The van der Waals surface area contributed by atoms with Crippen molar-refractivity contribution in [2.45, 2.75) is 36.4 Å². The summed E-state index contributed by atoms with van der Waals surface area (Å²) in [6, 6.07) is 16.2. The molecule has 0 fully saturated rings. The molecule has 2 heterocycles. The maximum atomic E-state index is 6.15. The Labute approximate surface area is 192 Å². The first-order chi connectivity index (χ1) is 15.5. The lowest BCUT2D eigenvalue weighted by Crippen LogP contribution is -2.17. The second-order valence-electron chi connectivity index (χ2n) is 7.84. The largest absolute Gasteiger partial charge is 0.497 e. The van der Waals surface area contributed by atoms with E-state index in [1.807, 2.05) is 28.8 Å². The average Bonchev–Trinajstić information content (AvgIpc) is 3.23. The molecule has 1 atom stereocenters. The fourth-order valence-corrected chi connectivity index (χ4v) is 4.58. The van der Waals surface area contributed by atoms with Crippen LogP contribution in [0.1, 0.15) is 25.3 Å². The number of fused-ring (bicyclic) bond motifs is 1. The first-order valence-corrected chi connectivity index (χ1v) is 11.2. The molecule has 8 heteroatoms. The van der Waals surface area contributed by atoms with Crippen LogP contribution < -0.4 is 15.2 Å². The van der Waals surface area contributed by atoms with Gasteiger partial charge >= 0.3 is 0 Å². The third-order valence-corrected chi connectivity index (χ3v) is 6.37. The number of methoxy groups -OCH3 is 2. The number of benzene rings is 2. The van der Waals surface area contributed by atoms with E-state index in [2.05, 4.69) is 48.1 Å². The molecule has 32 heavy (non-hydrogen) atoms. The van der Waals surface area contributed by atoms with E-state index in [-0.39, 0.29) is 0 Å². The van der Waals surface area contributed by atoms with Gasteiger partial charge in [-0.05, 0) is 41.4 Å². The summed E-state index contributed by atoms with van der Waals surface area (Å²) in [5.74, 6) is 3.31. The number of aromatic nitrogens is 4. The second-order valence-corrected chi connectivity index (χ2v) is 8.85. The molecule has 7 nitrogen and oxygen atoms in total. The molecule has 1 unspecified atom stereocenters. The van der Waals surface area contributed by atoms with Crippen LogP contribution in [0.15, 0.2) is 64.9 Å². The smallest absolute Gasteiger partial charge is 0.195 e. The lowest BCUT2D eigenvalue weighted by atomic mass is 9.88. The standard InChI is InChI=1S/C24H27N5O2S/c1-15(2)18(16-8-6-5-7-9-16)13-29-14-26-22(25)21-23(29)28-24(27-21)32-20-12-17(30-3)10-11-19(20)31-4/h5-12,14-15,18H,13,25H2,1-4H3. The van der Waals surface area contributed by atoms with Crippen molar-refractivity contribution >= 4 is 17.6 Å². The number of ether oxygens (including phenoxy) is 2. The number of hydrogen-bond donors (Lipinski definition) is 1. The second kappa shape index (κ2) is 9.48. The zero-order valence-corrected chi connectivity index (χ0v) is 19.5. The first-order valence-electron chi connectivity index (χ1n) is 10.4. The molecule has 0 amide bonds. The molecule has 0 radical (unpaired) electrons. The van der Waals surface area contributed by atoms with Crippen molar-refractivity contribution in [3.63, 3.8) is 0 Å². The van der Waals surface area contributed by atoms with Gasteiger partial charge in [0.25, 0.3) is 0 Å². The number of hydrogen-bond acceptors (Lipinski definition) is 7. The van der Waals surface area contributed by atoms with Crippen LogP contribution >= 0.6 is 11.8 Å². The topological polar surface area (TPSA) is 88.1 Å². The Morgan fingerprint density at radius 3 is 2.50 bits per heavy atom. The van der Waals surface area contributed by atoms with Gasteiger partial charge in [-0.1, -0.05) is 44.2 Å². The molecule has 0 aromatic heterocycles. The van der Waals surface area contributed by atoms with Gasteiger partial charge in [-0.15, -0.1) is 0 Å².